The number of hydrogen-bond acceptors (Lipinski definition) is 32. The highest BCUT2D eigenvalue weighted by atomic mass is 35.9. The normalized spacial score (nSPS) is 11.0. The largest absolute Gasteiger partial charge is 0.460 e. The number of rotatable bonds is 43. The second kappa shape index (κ2) is 68.5. The molecule has 38 heteroatoms. The van der Waals surface area contributed by atoms with Crippen molar-refractivity contribution in [3.8, 4) is 0 Å². The fourth-order valence-electron chi connectivity index (χ4n) is 8.00. The molecule has 0 bridgehead atoms. The number of carbonyl (C=O) groups excluding carboxylic acids is 12. The van der Waals surface area contributed by atoms with Crippen molar-refractivity contribution in [2.75, 3.05) is 145 Å². The minimum atomic E-state index is -3.52. The average molecular weight is 1830 g/mol. The molecule has 0 radical (unpaired) electrons. The average Bonchev–Trinajstić information content (AvgIpc) is 0.889. The lowest BCUT2D eigenvalue weighted by molar-refractivity contribution is 0.0380. The molecule has 0 aliphatic rings. The highest BCUT2D eigenvalue weighted by Gasteiger charge is 2.25. The highest BCUT2D eigenvalue weighted by Crippen LogP contribution is 2.55. The second-order valence-corrected chi connectivity index (χ2v) is 33.0. The Hall–Kier alpha value is -9.04. The van der Waals surface area contributed by atoms with Gasteiger partial charge < -0.3 is 80.8 Å². The number of methoxy groups -OCH3 is 2. The van der Waals surface area contributed by atoms with Crippen molar-refractivity contribution in [1.29, 1.82) is 0 Å². The Kier molecular flexibility index (Phi) is 68.2. The summed E-state index contributed by atoms with van der Waals surface area (Å²) in [6.45, 7) is 6.23. The molecule has 0 aromatic heterocycles. The lowest BCUT2D eigenvalue weighted by Gasteiger charge is -2.17. The first-order valence-corrected chi connectivity index (χ1v) is 42.1. The minimum absolute atomic E-state index is 0. The van der Waals surface area contributed by atoms with Crippen LogP contribution in [0.3, 0.4) is 0 Å². The van der Waals surface area contributed by atoms with Crippen molar-refractivity contribution in [3.63, 3.8) is 0 Å². The first kappa shape index (κ1) is 120. The van der Waals surface area contributed by atoms with Crippen LogP contribution in [0.25, 0.3) is 0 Å². The molecule has 0 fully saturated rings. The van der Waals surface area contributed by atoms with Gasteiger partial charge in [-0.05, 0) is 157 Å². The number of Topliss-reactive ketones (excluding diaryl/α,β-unsaturated/α-hetero) is 3. The molecule has 2 atom stereocenters. The quantitative estimate of drug-likeness (QED) is 0.00799. The van der Waals surface area contributed by atoms with Gasteiger partial charge in [-0.3, -0.25) is 32.9 Å². The first-order valence-electron chi connectivity index (χ1n) is 35.5. The molecule has 0 aliphatic heterocycles. The van der Waals surface area contributed by atoms with Gasteiger partial charge in [-0.15, -0.1) is 0 Å². The lowest BCUT2D eigenvalue weighted by atomic mass is 10.1. The molecule has 0 heterocycles. The third kappa shape index (κ3) is 50.8. The maximum Gasteiger partial charge on any atom is 0.338 e. The molecule has 0 aliphatic carbocycles. The summed E-state index contributed by atoms with van der Waals surface area (Å²) < 4.78 is 112. The Morgan fingerprint density at radius 1 is 0.298 bits per heavy atom. The van der Waals surface area contributed by atoms with Gasteiger partial charge >= 0.3 is 62.9 Å². The Bertz CT molecular complexity index is 4120. The van der Waals surface area contributed by atoms with E-state index in [1.165, 1.54) is 169 Å². The predicted octanol–water partition coefficient (Wildman–Crippen LogP) is 16.6. The number of ether oxygens (including phenoxy) is 10. The van der Waals surface area contributed by atoms with Crippen LogP contribution in [0, 0.1) is 0 Å². The van der Waals surface area contributed by atoms with Crippen LogP contribution in [-0.4, -0.2) is 231 Å². The standard InChI is InChI=1S/C27H33O12P.C26H31O11P.C12H14O6.C9H7ClO2.C2H5Cl2OP.7CH4/c1-3-40(33,38-18-16-36-26(31)21-6-4-20(5-7-21)24(29)12-13-28)39-19-17-37-27(32)23-10-8-22(9-11-23)25(30)35-15-14-34-2;1-4-38(31,36-17-15-34-25(29)21-7-5-20(6-8-21)19(2)27)37-18-16-35-26(30)23-11-9-22(10-12-23)24(28)33-14-13-32-3;13-5-7-17-11(15)9-1-2-10(4-3-9)12(16)18-8-6-14;1-6(11)7-2-4-8(5-3-7)9(10)12;1-2-6(3,4)5;;;;;;;/h4-11,28H,3,12-19H2,1-2H3;5-12H,4,13-18H2,1-3H3;1-4,13-14H,5-8H2;2-5H,1H3;2H2,1H3;7*1H4/i;;;;;1T;;;;;;. The fraction of sp³-hybridized carbons (Fsp3) is 0.422. The topological polar surface area (TPSA) is 446 Å². The van der Waals surface area contributed by atoms with E-state index in [9.17, 15) is 71.2 Å². The van der Waals surface area contributed by atoms with E-state index in [0.717, 1.165) is 0 Å². The van der Waals surface area contributed by atoms with E-state index < -0.39 is 74.0 Å². The van der Waals surface area contributed by atoms with E-state index in [2.05, 4.69) is 0 Å². The number of hydrogen-bond donors (Lipinski definition) is 3. The zero-order valence-corrected chi connectivity index (χ0v) is 69.3. The molecule has 6 rings (SSSR count). The second-order valence-electron chi connectivity index (χ2n) is 22.3. The number of halogens is 3. The minimum Gasteiger partial charge on any atom is -0.460 e. The van der Waals surface area contributed by atoms with Gasteiger partial charge in [0.2, 0.25) is 0 Å². The molecule has 678 valence electrons. The third-order valence-corrected chi connectivity index (χ3v) is 20.4. The number of benzene rings is 6. The molecule has 0 spiro atoms. The summed E-state index contributed by atoms with van der Waals surface area (Å²) in [6.07, 6.45) is 0.451. The lowest BCUT2D eigenvalue weighted by Crippen LogP contribution is -2.14. The van der Waals surface area contributed by atoms with Gasteiger partial charge in [-0.1, -0.05) is 109 Å². The molecule has 3 N–H and O–H groups in total. The van der Waals surface area contributed by atoms with E-state index in [4.69, 9.17) is 116 Å². The van der Waals surface area contributed by atoms with Gasteiger partial charge in [0.25, 0.3) is 11.1 Å². The molecular formula is C83H118Cl3O32P3. The maximum absolute atomic E-state index is 12.7. The Balaban J connectivity index is -0.000000376. The van der Waals surface area contributed by atoms with Gasteiger partial charge in [0, 0.05) is 62.8 Å². The molecule has 32 nitrogen and oxygen atoms in total. The summed E-state index contributed by atoms with van der Waals surface area (Å²) in [5.74, 6) is -7.88. The number of ketones is 3. The highest BCUT2D eigenvalue weighted by molar-refractivity contribution is 8.08. The summed E-state index contributed by atoms with van der Waals surface area (Å²) in [7, 11) is -2.78. The van der Waals surface area contributed by atoms with Crippen molar-refractivity contribution in [3.05, 3.63) is 212 Å². The number of aliphatic hydroxyl groups is 3. The van der Waals surface area contributed by atoms with Crippen molar-refractivity contribution >= 4 is 125 Å². The molecule has 6 aromatic rings. The Morgan fingerprint density at radius 3 is 0.645 bits per heavy atom. The smallest absolute Gasteiger partial charge is 0.338 e. The molecule has 2 unspecified atom stereocenters. The summed E-state index contributed by atoms with van der Waals surface area (Å²) in [6, 6.07) is 35.2. The number of esters is 8. The van der Waals surface area contributed by atoms with Gasteiger partial charge in [0.1, 0.15) is 52.9 Å². The van der Waals surface area contributed by atoms with E-state index in [1.807, 2.05) is 0 Å². The molecule has 0 saturated heterocycles. The van der Waals surface area contributed by atoms with E-state index >= 15 is 0 Å². The fourth-order valence-corrected chi connectivity index (χ4v) is 10.4. The van der Waals surface area contributed by atoms with Gasteiger partial charge in [-0.25, -0.2) is 38.4 Å². The zero-order chi connectivity index (χ0) is 87.1. The van der Waals surface area contributed by atoms with Crippen LogP contribution < -0.4 is 0 Å². The monoisotopic (exact) mass is 1830 g/mol. The van der Waals surface area contributed by atoms with E-state index in [-0.39, 0.29) is 237 Å². The molecule has 121 heavy (non-hydrogen) atoms. The summed E-state index contributed by atoms with van der Waals surface area (Å²) >= 11 is 15.3. The van der Waals surface area contributed by atoms with E-state index in [1.54, 1.807) is 32.9 Å². The third-order valence-electron chi connectivity index (χ3n) is 14.1. The number of carbonyl (C=O) groups is 12. The van der Waals surface area contributed by atoms with Crippen molar-refractivity contribution in [2.24, 2.45) is 0 Å². The van der Waals surface area contributed by atoms with Crippen LogP contribution in [0.15, 0.2) is 146 Å². The van der Waals surface area contributed by atoms with Crippen LogP contribution in [0.1, 0.15) is 219 Å². The zero-order valence-electron chi connectivity index (χ0n) is 65.4. The predicted molar refractivity (Wildman–Crippen MR) is 462 cm³/mol. The van der Waals surface area contributed by atoms with Crippen molar-refractivity contribution < 1.29 is 153 Å². The number of aliphatic hydroxyl groups excluding tert-OH is 3. The summed E-state index contributed by atoms with van der Waals surface area (Å²) in [4.78, 5) is 140. The summed E-state index contributed by atoms with van der Waals surface area (Å²) in [5.41, 5.74) is 3.84. The Morgan fingerprint density at radius 2 is 0.479 bits per heavy atom. The van der Waals surface area contributed by atoms with Crippen LogP contribution in [0.2, 0.25) is 0 Å². The van der Waals surface area contributed by atoms with Gasteiger partial charge in [0.05, 0.1) is 104 Å². The van der Waals surface area contributed by atoms with Crippen LogP contribution in [0.4, 0.5) is 0 Å². The van der Waals surface area contributed by atoms with E-state index in [0.29, 0.717) is 28.4 Å². The maximum atomic E-state index is 12.7. The van der Waals surface area contributed by atoms with Gasteiger partial charge in [0.15, 0.2) is 17.3 Å². The first-order chi connectivity index (χ1) is 55.3. The SMILES string of the molecule is C.C.C.C.C.C.CC(=O)c1ccc(C(=O)Cl)cc1.CCP(=O)(Cl)Cl.CCP(=O)(OCCOC(=O)c1ccc(C(=O)CCO)cc1)OCCOC(=O)c1ccc(C(=O)OCCOC)cc1.CCP(=O)(OCCOC(=O)c1ccc(C(C)=O)cc1)OCCOC(=O)c1ccc(C(=O)OCCOC)cc1.O=C(OCCO)c1ccc(C(=O)OCCO)cc1.[3H]C. The van der Waals surface area contributed by atoms with Crippen LogP contribution in [-0.2, 0) is 79.2 Å². The molecule has 0 saturated carbocycles. The summed E-state index contributed by atoms with van der Waals surface area (Å²) in [5, 5.41) is 25.3. The van der Waals surface area contributed by atoms with Gasteiger partial charge in [-0.2, -0.15) is 0 Å². The van der Waals surface area contributed by atoms with Crippen molar-refractivity contribution in [2.45, 2.75) is 93.0 Å². The van der Waals surface area contributed by atoms with Crippen LogP contribution in [0.5, 0.6) is 0 Å². The van der Waals surface area contributed by atoms with Crippen molar-refractivity contribution in [1.82, 2.24) is 0 Å². The molecule has 6 aromatic carbocycles. The molecular weight excluding hydrogens is 1710 g/mol. The molecule has 0 amide bonds. The van der Waals surface area contributed by atoms with Crippen LogP contribution >= 0.6 is 55.1 Å². The Labute approximate surface area is 725 Å².